The van der Waals surface area contributed by atoms with Crippen LogP contribution >= 0.6 is 0 Å². The molecule has 0 aliphatic carbocycles. The molecule has 0 saturated heterocycles. The van der Waals surface area contributed by atoms with Gasteiger partial charge in [0.25, 0.3) is 0 Å². The van der Waals surface area contributed by atoms with Crippen molar-refractivity contribution in [3.8, 4) is 28.5 Å². The Labute approximate surface area is 129 Å². The van der Waals surface area contributed by atoms with Crippen molar-refractivity contribution in [2.45, 2.75) is 6.18 Å². The lowest BCUT2D eigenvalue weighted by Crippen LogP contribution is -2.04. The molecule has 0 spiro atoms. The maximum atomic E-state index is 12.7. The first-order valence-corrected chi connectivity index (χ1v) is 6.58. The molecule has 0 atom stereocenters. The summed E-state index contributed by atoms with van der Waals surface area (Å²) in [5, 5.41) is 19.2. The van der Waals surface area contributed by atoms with Gasteiger partial charge in [-0.05, 0) is 23.3 Å². The third-order valence-corrected chi connectivity index (χ3v) is 3.36. The molecular weight excluding hydrogens is 305 g/mol. The molecule has 3 aromatic rings. The van der Waals surface area contributed by atoms with Crippen LogP contribution in [0, 0.1) is 11.3 Å². The molecule has 0 radical (unpaired) electrons. The van der Waals surface area contributed by atoms with Gasteiger partial charge < -0.3 is 0 Å². The molecule has 0 amide bonds. The van der Waals surface area contributed by atoms with Gasteiger partial charge in [-0.15, -0.1) is 5.10 Å². The van der Waals surface area contributed by atoms with Crippen molar-refractivity contribution < 1.29 is 13.2 Å². The van der Waals surface area contributed by atoms with E-state index in [4.69, 9.17) is 5.26 Å². The van der Waals surface area contributed by atoms with E-state index in [0.29, 0.717) is 22.4 Å². The maximum absolute atomic E-state index is 12.7. The van der Waals surface area contributed by atoms with Crippen LogP contribution in [0.1, 0.15) is 11.3 Å². The van der Waals surface area contributed by atoms with Gasteiger partial charge in [0.1, 0.15) is 11.8 Å². The average Bonchev–Trinajstić information content (AvgIpc) is 3.02. The van der Waals surface area contributed by atoms with Crippen LogP contribution in [0.4, 0.5) is 13.2 Å². The average molecular weight is 314 g/mol. The van der Waals surface area contributed by atoms with Crippen molar-refractivity contribution in [1.29, 1.82) is 5.26 Å². The molecule has 1 heterocycles. The molecule has 114 valence electrons. The van der Waals surface area contributed by atoms with Crippen LogP contribution in [-0.4, -0.2) is 15.4 Å². The van der Waals surface area contributed by atoms with Gasteiger partial charge in [-0.3, -0.25) is 0 Å². The molecule has 7 heteroatoms. The second kappa shape index (κ2) is 5.57. The number of halogens is 3. The molecule has 0 fully saturated rings. The van der Waals surface area contributed by atoms with Gasteiger partial charge in [-0.2, -0.15) is 28.7 Å². The van der Waals surface area contributed by atoms with Crippen molar-refractivity contribution in [2.75, 3.05) is 0 Å². The van der Waals surface area contributed by atoms with E-state index in [2.05, 4.69) is 15.4 Å². The summed E-state index contributed by atoms with van der Waals surface area (Å²) in [6.07, 6.45) is -4.38. The van der Waals surface area contributed by atoms with Gasteiger partial charge in [-0.25, -0.2) is 0 Å². The Balaban J connectivity index is 2.10. The number of benzene rings is 2. The number of nitrogens with one attached hydrogen (secondary N) is 1. The van der Waals surface area contributed by atoms with Gasteiger partial charge in [0.05, 0.1) is 5.56 Å². The fourth-order valence-electron chi connectivity index (χ4n) is 2.28. The Morgan fingerprint density at radius 2 is 1.57 bits per heavy atom. The van der Waals surface area contributed by atoms with Crippen molar-refractivity contribution in [2.24, 2.45) is 0 Å². The second-order valence-electron chi connectivity index (χ2n) is 4.75. The number of hydrogen-bond acceptors (Lipinski definition) is 3. The van der Waals surface area contributed by atoms with Crippen molar-refractivity contribution in [1.82, 2.24) is 15.4 Å². The minimum Gasteiger partial charge on any atom is -0.196 e. The zero-order valence-electron chi connectivity index (χ0n) is 11.6. The van der Waals surface area contributed by atoms with Crippen LogP contribution < -0.4 is 0 Å². The van der Waals surface area contributed by atoms with Crippen LogP contribution in [0.3, 0.4) is 0 Å². The fraction of sp³-hybridized carbons (Fsp3) is 0.0625. The highest BCUT2D eigenvalue weighted by atomic mass is 19.4. The lowest BCUT2D eigenvalue weighted by molar-refractivity contribution is -0.137. The largest absolute Gasteiger partial charge is 0.416 e. The molecule has 3 rings (SSSR count). The third-order valence-electron chi connectivity index (χ3n) is 3.36. The monoisotopic (exact) mass is 314 g/mol. The van der Waals surface area contributed by atoms with E-state index in [1.54, 1.807) is 24.3 Å². The van der Waals surface area contributed by atoms with E-state index in [9.17, 15) is 13.2 Å². The first-order valence-electron chi connectivity index (χ1n) is 6.58. The van der Waals surface area contributed by atoms with Crippen molar-refractivity contribution in [3.05, 3.63) is 59.8 Å². The smallest absolute Gasteiger partial charge is 0.196 e. The number of rotatable bonds is 2. The molecule has 0 aliphatic heterocycles. The number of hydrogen-bond donors (Lipinski definition) is 1. The minimum atomic E-state index is -4.38. The lowest BCUT2D eigenvalue weighted by Gasteiger charge is -2.10. The minimum absolute atomic E-state index is 0.129. The quantitative estimate of drug-likeness (QED) is 0.776. The Bertz CT molecular complexity index is 873. The summed E-state index contributed by atoms with van der Waals surface area (Å²) >= 11 is 0. The molecule has 1 aromatic heterocycles. The highest BCUT2D eigenvalue weighted by Crippen LogP contribution is 2.34. The van der Waals surface area contributed by atoms with E-state index in [1.807, 2.05) is 6.07 Å². The summed E-state index contributed by atoms with van der Waals surface area (Å²) in [4.78, 5) is 0. The Kier molecular flexibility index (Phi) is 3.58. The van der Waals surface area contributed by atoms with Crippen LogP contribution in [0.15, 0.2) is 48.5 Å². The molecule has 0 saturated carbocycles. The van der Waals surface area contributed by atoms with E-state index in [-0.39, 0.29) is 5.69 Å². The van der Waals surface area contributed by atoms with E-state index in [0.717, 1.165) is 12.1 Å². The van der Waals surface area contributed by atoms with Crippen molar-refractivity contribution in [3.63, 3.8) is 0 Å². The second-order valence-corrected chi connectivity index (χ2v) is 4.75. The van der Waals surface area contributed by atoms with Crippen LogP contribution in [0.25, 0.3) is 22.4 Å². The number of aromatic amines is 1. The summed E-state index contributed by atoms with van der Waals surface area (Å²) < 4.78 is 38.0. The number of alkyl halides is 3. The van der Waals surface area contributed by atoms with E-state index >= 15 is 0 Å². The molecule has 4 nitrogen and oxygen atoms in total. The highest BCUT2D eigenvalue weighted by Gasteiger charge is 2.30. The Hall–Kier alpha value is -3.14. The molecule has 23 heavy (non-hydrogen) atoms. The number of nitrogens with zero attached hydrogens (tertiary/aromatic N) is 3. The van der Waals surface area contributed by atoms with Crippen molar-refractivity contribution >= 4 is 0 Å². The summed E-state index contributed by atoms with van der Waals surface area (Å²) in [6.45, 7) is 0. The zero-order chi connectivity index (χ0) is 16.4. The summed E-state index contributed by atoms with van der Waals surface area (Å²) in [6, 6.07) is 13.8. The number of H-pyrrole nitrogens is 1. The SMILES string of the molecule is N#Cc1n[nH]nc1-c1ccccc1-c1ccc(C(F)(F)F)cc1. The van der Waals surface area contributed by atoms with Gasteiger partial charge in [-0.1, -0.05) is 36.4 Å². The first kappa shape index (κ1) is 14.8. The zero-order valence-corrected chi connectivity index (χ0v) is 11.6. The van der Waals surface area contributed by atoms with E-state index < -0.39 is 11.7 Å². The van der Waals surface area contributed by atoms with Crippen LogP contribution in [0.5, 0.6) is 0 Å². The van der Waals surface area contributed by atoms with E-state index in [1.165, 1.54) is 12.1 Å². The Morgan fingerprint density at radius 1 is 0.913 bits per heavy atom. The predicted molar refractivity (Wildman–Crippen MR) is 77.0 cm³/mol. The lowest BCUT2D eigenvalue weighted by atomic mass is 9.96. The molecule has 0 unspecified atom stereocenters. The maximum Gasteiger partial charge on any atom is 0.416 e. The molecule has 1 N–H and O–H groups in total. The number of aromatic nitrogens is 3. The summed E-state index contributed by atoms with van der Waals surface area (Å²) in [5.41, 5.74) is 1.68. The van der Waals surface area contributed by atoms with Gasteiger partial charge >= 0.3 is 6.18 Å². The van der Waals surface area contributed by atoms with Gasteiger partial charge in [0, 0.05) is 5.56 Å². The van der Waals surface area contributed by atoms with Crippen LogP contribution in [-0.2, 0) is 6.18 Å². The normalized spacial score (nSPS) is 11.2. The molecule has 2 aromatic carbocycles. The van der Waals surface area contributed by atoms with Gasteiger partial charge in [0.15, 0.2) is 5.69 Å². The standard InChI is InChI=1S/C16H9F3N4/c17-16(18,19)11-7-5-10(6-8-11)12-3-1-2-4-13(12)15-14(9-20)21-23-22-15/h1-8H,(H,21,22,23). The first-order chi connectivity index (χ1) is 11.0. The topological polar surface area (TPSA) is 65.4 Å². The Morgan fingerprint density at radius 3 is 2.17 bits per heavy atom. The molecule has 0 aliphatic rings. The van der Waals surface area contributed by atoms with Crippen LogP contribution in [0.2, 0.25) is 0 Å². The molecule has 0 bridgehead atoms. The summed E-state index contributed by atoms with van der Waals surface area (Å²) in [5.74, 6) is 0. The predicted octanol–water partition coefficient (Wildman–Crippen LogP) is 4.03. The van der Waals surface area contributed by atoms with Gasteiger partial charge in [0.2, 0.25) is 0 Å². The third kappa shape index (κ3) is 2.79. The number of nitriles is 1. The summed E-state index contributed by atoms with van der Waals surface area (Å²) in [7, 11) is 0. The molecular formula is C16H9F3N4. The highest BCUT2D eigenvalue weighted by molar-refractivity contribution is 5.83. The fourth-order valence-corrected chi connectivity index (χ4v) is 2.28.